The Labute approximate surface area is 100 Å². The molecule has 0 aliphatic carbocycles. The van der Waals surface area contributed by atoms with Gasteiger partial charge in [0, 0.05) is 0 Å². The monoisotopic (exact) mass is 170 g/mol. The number of carbonyl (C=O) groups is 1. The van der Waals surface area contributed by atoms with Crippen molar-refractivity contribution in [2.24, 2.45) is 0 Å². The topological polar surface area (TPSA) is 80.3 Å². The van der Waals surface area contributed by atoms with Gasteiger partial charge >= 0.3 is 59.1 Å². The standard InChI is InChI=1S/C2H4O.2Na.H2O3S/c1-2-3;;;1-4(2)3/h2H,1H3;;;(H2,1,2,3)/q;2*+1;/p-2. The van der Waals surface area contributed by atoms with Gasteiger partial charge < -0.3 is 13.9 Å². The maximum absolute atomic E-state index is 8.81. The molecule has 44 valence electrons. The van der Waals surface area contributed by atoms with Gasteiger partial charge in [-0.15, -0.1) is 11.4 Å². The van der Waals surface area contributed by atoms with Crippen LogP contribution in [0.1, 0.15) is 6.92 Å². The van der Waals surface area contributed by atoms with E-state index in [1.165, 1.54) is 6.92 Å². The summed E-state index contributed by atoms with van der Waals surface area (Å²) in [5.74, 6) is 0. The van der Waals surface area contributed by atoms with Crippen molar-refractivity contribution < 1.29 is 77.2 Å². The molecule has 0 bridgehead atoms. The van der Waals surface area contributed by atoms with Gasteiger partial charge in [0.1, 0.15) is 6.29 Å². The summed E-state index contributed by atoms with van der Waals surface area (Å²) in [5, 5.41) is 0. The Balaban J connectivity index is -0.0000000233. The zero-order valence-corrected chi connectivity index (χ0v) is 10.4. The van der Waals surface area contributed by atoms with Gasteiger partial charge in [0.05, 0.1) is 0 Å². The Bertz CT molecular complexity index is 63.6. The van der Waals surface area contributed by atoms with Crippen molar-refractivity contribution in [2.45, 2.75) is 6.92 Å². The molecular weight excluding hydrogens is 166 g/mol. The molecular formula is C2H4Na2O4S. The molecule has 0 N–H and O–H groups in total. The normalized spacial score (nSPS) is 5.33. The molecule has 0 heterocycles. The van der Waals surface area contributed by atoms with Gasteiger partial charge in [-0.25, -0.2) is 0 Å². The van der Waals surface area contributed by atoms with Gasteiger partial charge in [-0.2, -0.15) is 0 Å². The first-order valence-electron chi connectivity index (χ1n) is 1.31. The summed E-state index contributed by atoms with van der Waals surface area (Å²) < 4.78 is 25.3. The molecule has 0 aromatic heterocycles. The molecule has 0 saturated heterocycles. The first kappa shape index (κ1) is 22.4. The average molecular weight is 170 g/mol. The van der Waals surface area contributed by atoms with Gasteiger partial charge in [0.25, 0.3) is 0 Å². The number of carbonyl (C=O) groups excluding carboxylic acids is 1. The summed E-state index contributed by atoms with van der Waals surface area (Å²) in [6.45, 7) is 1.44. The molecule has 9 heavy (non-hydrogen) atoms. The van der Waals surface area contributed by atoms with Crippen molar-refractivity contribution in [2.75, 3.05) is 0 Å². The summed E-state index contributed by atoms with van der Waals surface area (Å²) in [6, 6.07) is 0. The molecule has 0 aromatic rings. The third-order valence-corrected chi connectivity index (χ3v) is 0. The number of rotatable bonds is 0. The van der Waals surface area contributed by atoms with E-state index in [-0.39, 0.29) is 59.1 Å². The summed E-state index contributed by atoms with van der Waals surface area (Å²) in [6.07, 6.45) is 0.750. The molecule has 0 saturated carbocycles. The second-order valence-electron chi connectivity index (χ2n) is 0.440. The first-order valence-corrected chi connectivity index (χ1v) is 2.31. The maximum Gasteiger partial charge on any atom is 1.00 e. The van der Waals surface area contributed by atoms with Gasteiger partial charge in [-0.1, -0.05) is 0 Å². The minimum Gasteiger partial charge on any atom is -0.784 e. The van der Waals surface area contributed by atoms with Crippen LogP contribution in [-0.2, 0) is 16.2 Å². The predicted octanol–water partition coefficient (Wildman–Crippen LogP) is -6.79. The maximum atomic E-state index is 8.81. The molecule has 0 radical (unpaired) electrons. The number of hydrogen-bond donors (Lipinski definition) is 0. The fourth-order valence-electron chi connectivity index (χ4n) is 0. The van der Waals surface area contributed by atoms with Crippen LogP contribution in [0.15, 0.2) is 0 Å². The molecule has 0 amide bonds. The van der Waals surface area contributed by atoms with E-state index in [0.29, 0.717) is 0 Å². The van der Waals surface area contributed by atoms with Crippen LogP contribution < -0.4 is 59.1 Å². The van der Waals surface area contributed by atoms with E-state index in [1.807, 2.05) is 0 Å². The van der Waals surface area contributed by atoms with Crippen LogP contribution in [0.4, 0.5) is 0 Å². The second kappa shape index (κ2) is 22.6. The van der Waals surface area contributed by atoms with E-state index in [0.717, 1.165) is 6.29 Å². The molecule has 0 spiro atoms. The third kappa shape index (κ3) is 193. The Morgan fingerprint density at radius 2 is 1.33 bits per heavy atom. The van der Waals surface area contributed by atoms with Crippen LogP contribution in [0, 0.1) is 0 Å². The molecule has 7 heteroatoms. The zero-order valence-electron chi connectivity index (χ0n) is 5.62. The van der Waals surface area contributed by atoms with E-state index in [2.05, 4.69) is 0 Å². The Hall–Kier alpha value is 1.74. The van der Waals surface area contributed by atoms with Gasteiger partial charge in [0.2, 0.25) is 0 Å². The van der Waals surface area contributed by atoms with Crippen molar-refractivity contribution in [1.29, 1.82) is 0 Å². The summed E-state index contributed by atoms with van der Waals surface area (Å²) in [7, 11) is 0. The van der Waals surface area contributed by atoms with Crippen molar-refractivity contribution >= 4 is 17.6 Å². The van der Waals surface area contributed by atoms with E-state index in [9.17, 15) is 0 Å². The van der Waals surface area contributed by atoms with Gasteiger partial charge in [-0.3, -0.25) is 4.21 Å². The number of hydrogen-bond acceptors (Lipinski definition) is 4. The van der Waals surface area contributed by atoms with Crippen LogP contribution >= 0.6 is 0 Å². The molecule has 0 aromatic carbocycles. The molecule has 0 rings (SSSR count). The van der Waals surface area contributed by atoms with Crippen LogP contribution in [0.5, 0.6) is 0 Å². The number of aldehydes is 1. The predicted molar refractivity (Wildman–Crippen MR) is 21.4 cm³/mol. The summed E-state index contributed by atoms with van der Waals surface area (Å²) in [4.78, 5) is 8.81. The Morgan fingerprint density at radius 3 is 1.33 bits per heavy atom. The molecule has 0 unspecified atom stereocenters. The minimum atomic E-state index is -3.11. The van der Waals surface area contributed by atoms with Gasteiger partial charge in [0.15, 0.2) is 0 Å². The van der Waals surface area contributed by atoms with Crippen LogP contribution in [0.2, 0.25) is 0 Å². The zero-order chi connectivity index (χ0) is 6.28. The Kier molecular flexibility index (Phi) is 56.3. The average Bonchev–Trinajstić information content (AvgIpc) is 1.33. The summed E-state index contributed by atoms with van der Waals surface area (Å²) >= 11 is -3.11. The SMILES string of the molecule is CC=O.O=S([O-])[O-].[Na+].[Na+]. The van der Waals surface area contributed by atoms with Gasteiger partial charge in [-0.05, 0) is 6.92 Å². The second-order valence-corrected chi connectivity index (χ2v) is 0.848. The fourth-order valence-corrected chi connectivity index (χ4v) is 0. The van der Waals surface area contributed by atoms with Crippen molar-refractivity contribution in [3.8, 4) is 0 Å². The van der Waals surface area contributed by atoms with Crippen molar-refractivity contribution in [1.82, 2.24) is 0 Å². The van der Waals surface area contributed by atoms with E-state index in [1.54, 1.807) is 0 Å². The molecule has 0 atom stereocenters. The van der Waals surface area contributed by atoms with Crippen molar-refractivity contribution in [3.05, 3.63) is 0 Å². The molecule has 4 nitrogen and oxygen atoms in total. The molecule has 0 aliphatic heterocycles. The largest absolute Gasteiger partial charge is 1.00 e. The van der Waals surface area contributed by atoms with Crippen LogP contribution in [0.25, 0.3) is 0 Å². The first-order chi connectivity index (χ1) is 3.15. The smallest absolute Gasteiger partial charge is 0.784 e. The van der Waals surface area contributed by atoms with Crippen molar-refractivity contribution in [3.63, 3.8) is 0 Å². The molecule has 0 fully saturated rings. The van der Waals surface area contributed by atoms with Crippen LogP contribution in [0.3, 0.4) is 0 Å². The van der Waals surface area contributed by atoms with E-state index in [4.69, 9.17) is 18.1 Å². The Morgan fingerprint density at radius 1 is 1.33 bits per heavy atom. The third-order valence-electron chi connectivity index (χ3n) is 0. The summed E-state index contributed by atoms with van der Waals surface area (Å²) in [5.41, 5.74) is 0. The van der Waals surface area contributed by atoms with E-state index >= 15 is 0 Å². The minimum absolute atomic E-state index is 0. The van der Waals surface area contributed by atoms with Crippen LogP contribution in [-0.4, -0.2) is 19.6 Å². The fraction of sp³-hybridized carbons (Fsp3) is 0.500. The van der Waals surface area contributed by atoms with E-state index < -0.39 is 11.4 Å². The quantitative estimate of drug-likeness (QED) is 0.205. The molecule has 0 aliphatic rings.